The number of hydrogen-bond acceptors (Lipinski definition) is 6. The normalized spacial score (nSPS) is 10.6. The van der Waals surface area contributed by atoms with E-state index in [2.05, 4.69) is 4.98 Å². The van der Waals surface area contributed by atoms with Crippen molar-refractivity contribution in [2.75, 3.05) is 33.5 Å². The minimum Gasteiger partial charge on any atom is -0.450 e. The van der Waals surface area contributed by atoms with Gasteiger partial charge in [0.05, 0.1) is 25.5 Å². The summed E-state index contributed by atoms with van der Waals surface area (Å²) >= 11 is 0. The molecule has 0 aliphatic heterocycles. The van der Waals surface area contributed by atoms with Crippen molar-refractivity contribution in [3.8, 4) is 6.08 Å². The van der Waals surface area contributed by atoms with E-state index < -0.39 is 0 Å². The first-order chi connectivity index (χ1) is 7.86. The maximum Gasteiger partial charge on any atom is 0.393 e. The Morgan fingerprint density at radius 1 is 1.31 bits per heavy atom. The summed E-state index contributed by atoms with van der Waals surface area (Å²) in [6, 6.07) is 0. The molecule has 0 radical (unpaired) electrons. The minimum absolute atomic E-state index is 0.261. The van der Waals surface area contributed by atoms with Crippen LogP contribution in [0.1, 0.15) is 12.1 Å². The third kappa shape index (κ3) is 5.11. The van der Waals surface area contributed by atoms with Gasteiger partial charge in [-0.05, 0) is 0 Å². The smallest absolute Gasteiger partial charge is 0.393 e. The van der Waals surface area contributed by atoms with E-state index in [1.165, 1.54) is 6.26 Å². The molecule has 0 bridgehead atoms. The molecule has 1 rings (SSSR count). The van der Waals surface area contributed by atoms with Crippen LogP contribution in [-0.2, 0) is 16.0 Å². The van der Waals surface area contributed by atoms with Crippen LogP contribution in [0.5, 0.6) is 6.08 Å². The number of nitrogens with zero attached hydrogens (tertiary/aromatic N) is 1. The van der Waals surface area contributed by atoms with E-state index in [1.807, 2.05) is 0 Å². The summed E-state index contributed by atoms with van der Waals surface area (Å²) < 4.78 is 20.4. The van der Waals surface area contributed by atoms with Crippen molar-refractivity contribution in [1.82, 2.24) is 4.98 Å². The summed E-state index contributed by atoms with van der Waals surface area (Å²) in [5.74, 6) is 0. The van der Waals surface area contributed by atoms with Crippen LogP contribution >= 0.6 is 0 Å². The first-order valence-electron chi connectivity index (χ1n) is 5.20. The lowest BCUT2D eigenvalue weighted by Gasteiger charge is -2.03. The second-order valence-electron chi connectivity index (χ2n) is 3.12. The van der Waals surface area contributed by atoms with Gasteiger partial charge in [0.1, 0.15) is 6.26 Å². The maximum absolute atomic E-state index is 5.38. The van der Waals surface area contributed by atoms with Gasteiger partial charge in [0.15, 0.2) is 0 Å². The molecular weight excluding hydrogens is 212 g/mol. The second-order valence-corrected chi connectivity index (χ2v) is 3.12. The molecule has 0 saturated heterocycles. The van der Waals surface area contributed by atoms with Crippen LogP contribution in [0.25, 0.3) is 0 Å². The molecule has 0 fully saturated rings. The average Bonchev–Trinajstić information content (AvgIpc) is 2.76. The zero-order valence-corrected chi connectivity index (χ0v) is 9.48. The van der Waals surface area contributed by atoms with Crippen LogP contribution in [0, 0.1) is 0 Å². The van der Waals surface area contributed by atoms with E-state index >= 15 is 0 Å². The zero-order chi connectivity index (χ0) is 11.6. The summed E-state index contributed by atoms with van der Waals surface area (Å²) in [6.07, 6.45) is 2.53. The Bertz CT molecular complexity index is 278. The number of rotatable bonds is 9. The van der Waals surface area contributed by atoms with E-state index in [1.54, 1.807) is 7.11 Å². The zero-order valence-electron chi connectivity index (χ0n) is 9.48. The topological polar surface area (TPSA) is 79.7 Å². The summed E-state index contributed by atoms with van der Waals surface area (Å²) in [5.41, 5.74) is 6.06. The lowest BCUT2D eigenvalue weighted by Crippen LogP contribution is -2.07. The molecule has 0 unspecified atom stereocenters. The van der Waals surface area contributed by atoms with Crippen molar-refractivity contribution in [2.45, 2.75) is 13.0 Å². The standard InChI is InChI=1S/C10H18N2O4/c1-13-5-6-14-3-2-4-15-10-12-9(7-11)8-16-10/h8H,2-7,11H2,1H3. The minimum atomic E-state index is 0.261. The number of aromatic nitrogens is 1. The number of methoxy groups -OCH3 is 1. The first kappa shape index (κ1) is 13.0. The molecule has 0 aromatic carbocycles. The highest BCUT2D eigenvalue weighted by Gasteiger charge is 2.02. The molecule has 6 nitrogen and oxygen atoms in total. The van der Waals surface area contributed by atoms with Gasteiger partial charge in [-0.3, -0.25) is 0 Å². The molecule has 0 amide bonds. The highest BCUT2D eigenvalue weighted by atomic mass is 16.6. The number of hydrogen-bond donors (Lipinski definition) is 1. The largest absolute Gasteiger partial charge is 0.450 e. The van der Waals surface area contributed by atoms with E-state index in [-0.39, 0.29) is 6.08 Å². The van der Waals surface area contributed by atoms with Gasteiger partial charge in [-0.2, -0.15) is 4.98 Å². The second kappa shape index (κ2) is 8.09. The van der Waals surface area contributed by atoms with Gasteiger partial charge < -0.3 is 24.4 Å². The molecule has 1 heterocycles. The lowest BCUT2D eigenvalue weighted by atomic mass is 10.5. The Hall–Kier alpha value is -1.11. The quantitative estimate of drug-likeness (QED) is 0.624. The van der Waals surface area contributed by atoms with E-state index in [0.717, 1.165) is 6.42 Å². The van der Waals surface area contributed by atoms with Crippen LogP contribution < -0.4 is 10.5 Å². The Morgan fingerprint density at radius 3 is 2.88 bits per heavy atom. The average molecular weight is 230 g/mol. The molecule has 1 aromatic heterocycles. The summed E-state index contributed by atoms with van der Waals surface area (Å²) in [6.45, 7) is 2.71. The molecule has 0 aliphatic rings. The molecule has 16 heavy (non-hydrogen) atoms. The van der Waals surface area contributed by atoms with Gasteiger partial charge in [0.25, 0.3) is 0 Å². The molecule has 0 atom stereocenters. The summed E-state index contributed by atoms with van der Waals surface area (Å²) in [7, 11) is 1.64. The molecule has 0 spiro atoms. The van der Waals surface area contributed by atoms with Gasteiger partial charge in [-0.15, -0.1) is 0 Å². The molecule has 6 heteroatoms. The van der Waals surface area contributed by atoms with E-state index in [9.17, 15) is 0 Å². The molecular formula is C10H18N2O4. The molecule has 0 saturated carbocycles. The molecule has 92 valence electrons. The Morgan fingerprint density at radius 2 is 2.19 bits per heavy atom. The van der Waals surface area contributed by atoms with Crippen molar-refractivity contribution in [3.05, 3.63) is 12.0 Å². The fourth-order valence-corrected chi connectivity index (χ4v) is 1.01. The number of ether oxygens (including phenoxy) is 3. The molecule has 0 aliphatic carbocycles. The predicted molar refractivity (Wildman–Crippen MR) is 57.2 cm³/mol. The van der Waals surface area contributed by atoms with Crippen LogP contribution in [0.4, 0.5) is 0 Å². The molecule has 2 N–H and O–H groups in total. The van der Waals surface area contributed by atoms with Crippen molar-refractivity contribution >= 4 is 0 Å². The van der Waals surface area contributed by atoms with Gasteiger partial charge in [-0.25, -0.2) is 0 Å². The Balaban J connectivity index is 1.98. The Labute approximate surface area is 94.7 Å². The fraction of sp³-hybridized carbons (Fsp3) is 0.700. The van der Waals surface area contributed by atoms with Gasteiger partial charge >= 0.3 is 6.08 Å². The highest BCUT2D eigenvalue weighted by molar-refractivity contribution is 4.98. The fourth-order valence-electron chi connectivity index (χ4n) is 1.01. The predicted octanol–water partition coefficient (Wildman–Crippen LogP) is 0.565. The van der Waals surface area contributed by atoms with Crippen molar-refractivity contribution in [3.63, 3.8) is 0 Å². The van der Waals surface area contributed by atoms with Gasteiger partial charge in [-0.1, -0.05) is 0 Å². The van der Waals surface area contributed by atoms with Crippen molar-refractivity contribution in [1.29, 1.82) is 0 Å². The van der Waals surface area contributed by atoms with Crippen LogP contribution in [0.2, 0.25) is 0 Å². The molecule has 1 aromatic rings. The first-order valence-corrected chi connectivity index (χ1v) is 5.20. The van der Waals surface area contributed by atoms with E-state index in [4.69, 9.17) is 24.4 Å². The summed E-state index contributed by atoms with van der Waals surface area (Å²) in [5, 5.41) is 0. The Kier molecular flexibility index (Phi) is 6.55. The maximum atomic E-state index is 5.38. The van der Waals surface area contributed by atoms with E-state index in [0.29, 0.717) is 38.7 Å². The van der Waals surface area contributed by atoms with Crippen molar-refractivity contribution in [2.24, 2.45) is 5.73 Å². The summed E-state index contributed by atoms with van der Waals surface area (Å²) in [4.78, 5) is 4.00. The van der Waals surface area contributed by atoms with Gasteiger partial charge in [0.2, 0.25) is 0 Å². The van der Waals surface area contributed by atoms with Crippen LogP contribution in [0.3, 0.4) is 0 Å². The number of oxazole rings is 1. The monoisotopic (exact) mass is 230 g/mol. The third-order valence-corrected chi connectivity index (χ3v) is 1.83. The van der Waals surface area contributed by atoms with Crippen LogP contribution in [-0.4, -0.2) is 38.5 Å². The van der Waals surface area contributed by atoms with Gasteiger partial charge in [0, 0.05) is 26.7 Å². The third-order valence-electron chi connectivity index (χ3n) is 1.83. The lowest BCUT2D eigenvalue weighted by molar-refractivity contribution is 0.0625. The SMILES string of the molecule is COCCOCCCOc1nc(CN)co1. The van der Waals surface area contributed by atoms with Crippen LogP contribution in [0.15, 0.2) is 10.7 Å². The number of nitrogens with two attached hydrogens (primary N) is 1. The highest BCUT2D eigenvalue weighted by Crippen LogP contribution is 2.09. The van der Waals surface area contributed by atoms with Crippen molar-refractivity contribution < 1.29 is 18.6 Å².